The highest BCUT2D eigenvalue weighted by Crippen LogP contribution is 2.27. The fourth-order valence-electron chi connectivity index (χ4n) is 3.46. The number of aliphatic hydroxyl groups excluding tert-OH is 1. The van der Waals surface area contributed by atoms with Crippen molar-refractivity contribution < 1.29 is 23.1 Å². The SMILES string of the molecule is CNC(=O)C1CCC1.Fc1ccc(-c2cc3cc(F)cc(F)c3[nH]2)cc1.OC1CCNC1. The molecule has 1 saturated carbocycles. The van der Waals surface area contributed by atoms with Gasteiger partial charge < -0.3 is 20.7 Å². The van der Waals surface area contributed by atoms with Gasteiger partial charge in [0.25, 0.3) is 0 Å². The van der Waals surface area contributed by atoms with Crippen LogP contribution in [0.15, 0.2) is 42.5 Å². The van der Waals surface area contributed by atoms with Crippen LogP contribution in [0.1, 0.15) is 25.7 Å². The number of halogens is 3. The number of aliphatic hydroxyl groups is 1. The number of hydrogen-bond acceptors (Lipinski definition) is 3. The summed E-state index contributed by atoms with van der Waals surface area (Å²) in [7, 11) is 1.70. The summed E-state index contributed by atoms with van der Waals surface area (Å²) < 4.78 is 39.4. The summed E-state index contributed by atoms with van der Waals surface area (Å²) in [5.74, 6) is -1.04. The zero-order valence-corrected chi connectivity index (χ0v) is 17.9. The highest BCUT2D eigenvalue weighted by atomic mass is 19.1. The normalized spacial score (nSPS) is 17.6. The molecule has 2 aliphatic rings. The number of nitrogens with one attached hydrogen (secondary N) is 3. The van der Waals surface area contributed by atoms with Crippen LogP contribution in [0.2, 0.25) is 0 Å². The van der Waals surface area contributed by atoms with E-state index in [1.165, 1.54) is 24.6 Å². The van der Waals surface area contributed by atoms with E-state index in [2.05, 4.69) is 15.6 Å². The lowest BCUT2D eigenvalue weighted by Gasteiger charge is -2.22. The van der Waals surface area contributed by atoms with Crippen LogP contribution in [-0.2, 0) is 4.79 Å². The zero-order valence-electron chi connectivity index (χ0n) is 17.9. The molecule has 5 rings (SSSR count). The Labute approximate surface area is 185 Å². The number of aromatic nitrogens is 1. The average Bonchev–Trinajstić information content (AvgIpc) is 3.37. The molecule has 1 aromatic heterocycles. The number of β-amino-alcohol motifs (C(OH)–C–C–N with tert-alkyl or cyclic N) is 1. The summed E-state index contributed by atoms with van der Waals surface area (Å²) in [5, 5.41) is 14.8. The van der Waals surface area contributed by atoms with Gasteiger partial charge in [0.05, 0.1) is 11.6 Å². The minimum Gasteiger partial charge on any atom is -0.392 e. The summed E-state index contributed by atoms with van der Waals surface area (Å²) in [4.78, 5) is 13.5. The Morgan fingerprint density at radius 3 is 2.22 bits per heavy atom. The molecule has 8 heteroatoms. The summed E-state index contributed by atoms with van der Waals surface area (Å²) in [5.41, 5.74) is 1.58. The summed E-state index contributed by atoms with van der Waals surface area (Å²) in [6.45, 7) is 1.78. The lowest BCUT2D eigenvalue weighted by Crippen LogP contribution is -2.31. The predicted molar refractivity (Wildman–Crippen MR) is 119 cm³/mol. The summed E-state index contributed by atoms with van der Waals surface area (Å²) in [6.07, 6.45) is 4.29. The molecule has 3 aromatic rings. The third-order valence-corrected chi connectivity index (χ3v) is 5.56. The first kappa shape index (κ1) is 23.8. The molecule has 1 atom stereocenters. The molecule has 32 heavy (non-hydrogen) atoms. The van der Waals surface area contributed by atoms with E-state index in [0.29, 0.717) is 22.6 Å². The number of rotatable bonds is 2. The Morgan fingerprint density at radius 1 is 1.03 bits per heavy atom. The molecule has 2 fully saturated rings. The van der Waals surface area contributed by atoms with E-state index in [1.54, 1.807) is 25.2 Å². The van der Waals surface area contributed by atoms with Crippen LogP contribution in [0.4, 0.5) is 13.2 Å². The maximum atomic E-state index is 13.5. The van der Waals surface area contributed by atoms with Gasteiger partial charge in [0.2, 0.25) is 5.91 Å². The molecule has 0 spiro atoms. The number of carbonyl (C=O) groups excluding carboxylic acids is 1. The van der Waals surface area contributed by atoms with Gasteiger partial charge in [-0.15, -0.1) is 0 Å². The van der Waals surface area contributed by atoms with E-state index in [9.17, 15) is 18.0 Å². The lowest BCUT2D eigenvalue weighted by atomic mass is 9.85. The molecule has 0 radical (unpaired) electrons. The van der Waals surface area contributed by atoms with E-state index < -0.39 is 11.6 Å². The number of benzene rings is 2. The van der Waals surface area contributed by atoms with Crippen LogP contribution in [0.5, 0.6) is 0 Å². The summed E-state index contributed by atoms with van der Waals surface area (Å²) >= 11 is 0. The molecule has 1 aliphatic carbocycles. The fraction of sp³-hybridized carbons (Fsp3) is 0.375. The van der Waals surface area contributed by atoms with Crippen molar-refractivity contribution >= 4 is 16.8 Å². The first-order chi connectivity index (χ1) is 15.4. The van der Waals surface area contributed by atoms with Crippen molar-refractivity contribution in [2.24, 2.45) is 5.92 Å². The number of hydrogen-bond donors (Lipinski definition) is 4. The van der Waals surface area contributed by atoms with E-state index in [-0.39, 0.29) is 23.3 Å². The van der Waals surface area contributed by atoms with Crippen LogP contribution in [0, 0.1) is 23.4 Å². The summed E-state index contributed by atoms with van der Waals surface area (Å²) in [6, 6.07) is 9.50. The Balaban J connectivity index is 0.000000169. The van der Waals surface area contributed by atoms with Gasteiger partial charge in [0, 0.05) is 36.7 Å². The van der Waals surface area contributed by atoms with Gasteiger partial charge >= 0.3 is 0 Å². The molecule has 1 aliphatic heterocycles. The minimum absolute atomic E-state index is 0.0648. The van der Waals surface area contributed by atoms with Gasteiger partial charge in [0.15, 0.2) is 0 Å². The first-order valence-corrected chi connectivity index (χ1v) is 10.7. The molecule has 2 heterocycles. The highest BCUT2D eigenvalue weighted by Gasteiger charge is 2.23. The molecular formula is C24H28F3N3O2. The number of amides is 1. The predicted octanol–water partition coefficient (Wildman–Crippen LogP) is 4.13. The molecule has 2 aromatic carbocycles. The third kappa shape index (κ3) is 6.34. The van der Waals surface area contributed by atoms with Gasteiger partial charge in [-0.2, -0.15) is 0 Å². The van der Waals surface area contributed by atoms with Gasteiger partial charge in [-0.25, -0.2) is 13.2 Å². The van der Waals surface area contributed by atoms with Crippen molar-refractivity contribution in [2.75, 3.05) is 20.1 Å². The van der Waals surface area contributed by atoms with Crippen molar-refractivity contribution in [2.45, 2.75) is 31.8 Å². The zero-order chi connectivity index (χ0) is 23.1. The second-order valence-corrected chi connectivity index (χ2v) is 7.93. The highest BCUT2D eigenvalue weighted by molar-refractivity contribution is 5.86. The molecule has 0 bridgehead atoms. The van der Waals surface area contributed by atoms with Crippen molar-refractivity contribution in [1.29, 1.82) is 0 Å². The third-order valence-electron chi connectivity index (χ3n) is 5.56. The van der Waals surface area contributed by atoms with Gasteiger partial charge in [0.1, 0.15) is 17.5 Å². The minimum atomic E-state index is -0.640. The lowest BCUT2D eigenvalue weighted by molar-refractivity contribution is -0.126. The Bertz CT molecular complexity index is 1030. The average molecular weight is 448 g/mol. The van der Waals surface area contributed by atoms with E-state index in [0.717, 1.165) is 38.4 Å². The second kappa shape index (κ2) is 11.2. The molecule has 5 nitrogen and oxygen atoms in total. The Kier molecular flexibility index (Phi) is 8.30. The van der Waals surface area contributed by atoms with Crippen molar-refractivity contribution in [3.63, 3.8) is 0 Å². The van der Waals surface area contributed by atoms with E-state index in [1.807, 2.05) is 0 Å². The monoisotopic (exact) mass is 447 g/mol. The van der Waals surface area contributed by atoms with E-state index in [4.69, 9.17) is 5.11 Å². The number of fused-ring (bicyclic) bond motifs is 1. The fourth-order valence-corrected chi connectivity index (χ4v) is 3.46. The molecule has 4 N–H and O–H groups in total. The van der Waals surface area contributed by atoms with Crippen LogP contribution in [0.3, 0.4) is 0 Å². The van der Waals surface area contributed by atoms with E-state index >= 15 is 0 Å². The van der Waals surface area contributed by atoms with Crippen molar-refractivity contribution in [1.82, 2.24) is 15.6 Å². The Morgan fingerprint density at radius 2 is 1.75 bits per heavy atom. The maximum Gasteiger partial charge on any atom is 0.222 e. The molecule has 1 unspecified atom stereocenters. The second-order valence-electron chi connectivity index (χ2n) is 7.93. The van der Waals surface area contributed by atoms with Crippen molar-refractivity contribution in [3.8, 4) is 11.3 Å². The molecule has 172 valence electrons. The Hall–Kier alpha value is -2.84. The quantitative estimate of drug-likeness (QED) is 0.477. The van der Waals surface area contributed by atoms with Crippen LogP contribution in [-0.4, -0.2) is 42.2 Å². The van der Waals surface area contributed by atoms with Gasteiger partial charge in [-0.05, 0) is 67.8 Å². The number of H-pyrrole nitrogens is 1. The maximum absolute atomic E-state index is 13.5. The molecular weight excluding hydrogens is 419 g/mol. The number of carbonyl (C=O) groups is 1. The molecule has 1 saturated heterocycles. The standard InChI is InChI=1S/C14H8F3N.C6H11NO.C4H9NO/c15-10-3-1-8(2-4-10)13-6-9-5-11(16)7-12(17)14(9)18-13;1-7-6(8)5-3-2-4-5;6-4-1-2-5-3-4/h1-7,18H;5H,2-4H2,1H3,(H,7,8);4-6H,1-3H2. The van der Waals surface area contributed by atoms with Crippen LogP contribution >= 0.6 is 0 Å². The molecule has 1 amide bonds. The van der Waals surface area contributed by atoms with Gasteiger partial charge in [-0.1, -0.05) is 6.42 Å². The van der Waals surface area contributed by atoms with Gasteiger partial charge in [-0.3, -0.25) is 4.79 Å². The van der Waals surface area contributed by atoms with Crippen LogP contribution in [0.25, 0.3) is 22.2 Å². The number of aromatic amines is 1. The van der Waals surface area contributed by atoms with Crippen molar-refractivity contribution in [3.05, 3.63) is 59.9 Å². The topological polar surface area (TPSA) is 77.2 Å². The van der Waals surface area contributed by atoms with Crippen LogP contribution < -0.4 is 10.6 Å². The first-order valence-electron chi connectivity index (χ1n) is 10.7. The largest absolute Gasteiger partial charge is 0.392 e. The smallest absolute Gasteiger partial charge is 0.222 e.